The fraction of sp³-hybridized carbons (Fsp3) is 0.333. The third-order valence-electron chi connectivity index (χ3n) is 2.90. The summed E-state index contributed by atoms with van der Waals surface area (Å²) >= 11 is 7.12. The predicted octanol–water partition coefficient (Wildman–Crippen LogP) is 3.80. The van der Waals surface area contributed by atoms with Crippen LogP contribution < -0.4 is 9.47 Å². The summed E-state index contributed by atoms with van der Waals surface area (Å²) < 4.78 is 11.0. The van der Waals surface area contributed by atoms with Crippen molar-refractivity contribution in [3.8, 4) is 11.5 Å². The van der Waals surface area contributed by atoms with Crippen LogP contribution in [0.1, 0.15) is 19.4 Å². The third-order valence-corrected chi connectivity index (χ3v) is 4.15. The number of nitrogens with zero attached hydrogens (tertiary/aromatic N) is 1. The van der Waals surface area contributed by atoms with Crippen LogP contribution in [0, 0.1) is 0 Å². The number of rotatable bonds is 5. The van der Waals surface area contributed by atoms with E-state index in [4.69, 9.17) is 21.1 Å². The summed E-state index contributed by atoms with van der Waals surface area (Å²) in [4.78, 5) is 24.9. The molecule has 1 saturated heterocycles. The van der Waals surface area contributed by atoms with E-state index >= 15 is 0 Å². The first-order valence-electron chi connectivity index (χ1n) is 6.78. The van der Waals surface area contributed by atoms with Gasteiger partial charge in [0.15, 0.2) is 11.5 Å². The number of ether oxygens (including phenoxy) is 2. The highest BCUT2D eigenvalue weighted by Crippen LogP contribution is 2.38. The average molecular weight is 342 g/mol. The van der Waals surface area contributed by atoms with Crippen LogP contribution in [0.5, 0.6) is 11.5 Å². The van der Waals surface area contributed by atoms with Crippen molar-refractivity contribution in [1.82, 2.24) is 4.90 Å². The molecule has 5 nitrogen and oxygen atoms in total. The van der Waals surface area contributed by atoms with Crippen molar-refractivity contribution in [2.75, 3.05) is 20.3 Å². The first-order valence-corrected chi connectivity index (χ1v) is 7.98. The third kappa shape index (κ3) is 3.39. The molecule has 0 N–H and O–H groups in total. The van der Waals surface area contributed by atoms with Crippen molar-refractivity contribution in [2.45, 2.75) is 13.8 Å². The molecule has 0 bridgehead atoms. The Morgan fingerprint density at radius 1 is 1.23 bits per heavy atom. The number of hydrogen-bond acceptors (Lipinski definition) is 5. The molecule has 0 atom stereocenters. The molecule has 0 spiro atoms. The van der Waals surface area contributed by atoms with Gasteiger partial charge in [-0.2, -0.15) is 0 Å². The van der Waals surface area contributed by atoms with E-state index in [1.165, 1.54) is 7.05 Å². The molecule has 0 saturated carbocycles. The van der Waals surface area contributed by atoms with E-state index < -0.39 is 0 Å². The van der Waals surface area contributed by atoms with Gasteiger partial charge in [-0.3, -0.25) is 14.5 Å². The second kappa shape index (κ2) is 7.07. The summed E-state index contributed by atoms with van der Waals surface area (Å²) in [5.74, 6) is 0.670. The minimum Gasteiger partial charge on any atom is -0.490 e. The number of amides is 2. The van der Waals surface area contributed by atoms with E-state index in [-0.39, 0.29) is 11.1 Å². The van der Waals surface area contributed by atoms with Gasteiger partial charge in [-0.15, -0.1) is 0 Å². The molecule has 0 radical (unpaired) electrons. The zero-order chi connectivity index (χ0) is 16.3. The zero-order valence-electron chi connectivity index (χ0n) is 12.5. The Bertz CT molecular complexity index is 645. The lowest BCUT2D eigenvalue weighted by Gasteiger charge is -2.13. The van der Waals surface area contributed by atoms with Crippen LogP contribution >= 0.6 is 23.4 Å². The van der Waals surface area contributed by atoms with Crippen LogP contribution in [0.3, 0.4) is 0 Å². The monoisotopic (exact) mass is 341 g/mol. The summed E-state index contributed by atoms with van der Waals surface area (Å²) in [6.45, 7) is 4.65. The van der Waals surface area contributed by atoms with Gasteiger partial charge < -0.3 is 9.47 Å². The molecule has 118 valence electrons. The fourth-order valence-electron chi connectivity index (χ4n) is 1.92. The number of halogens is 1. The Morgan fingerprint density at radius 2 is 1.91 bits per heavy atom. The van der Waals surface area contributed by atoms with Gasteiger partial charge in [0.2, 0.25) is 0 Å². The van der Waals surface area contributed by atoms with Gasteiger partial charge in [0.1, 0.15) is 0 Å². The summed E-state index contributed by atoms with van der Waals surface area (Å²) in [6.07, 6.45) is 1.62. The number of carbonyl (C=O) groups excluding carboxylic acids is 2. The molecule has 1 aliphatic rings. The second-order valence-corrected chi connectivity index (χ2v) is 5.84. The van der Waals surface area contributed by atoms with E-state index in [1.807, 2.05) is 13.8 Å². The van der Waals surface area contributed by atoms with Crippen molar-refractivity contribution in [3.63, 3.8) is 0 Å². The number of carbonyl (C=O) groups is 2. The largest absolute Gasteiger partial charge is 0.490 e. The normalized spacial score (nSPS) is 16.5. The van der Waals surface area contributed by atoms with E-state index in [9.17, 15) is 9.59 Å². The first-order chi connectivity index (χ1) is 10.5. The number of likely N-dealkylation sites (N-methyl/N-ethyl adjacent to an activating group) is 1. The minimum atomic E-state index is -0.321. The van der Waals surface area contributed by atoms with Crippen molar-refractivity contribution >= 4 is 40.6 Å². The molecule has 1 aliphatic heterocycles. The SMILES string of the molecule is CCOc1cc(C=C2SC(=O)N(C)C2=O)cc(Cl)c1OCC. The molecule has 2 rings (SSSR count). The number of benzene rings is 1. The van der Waals surface area contributed by atoms with Crippen LogP contribution in [0.15, 0.2) is 17.0 Å². The van der Waals surface area contributed by atoms with Crippen LogP contribution in [0.2, 0.25) is 5.02 Å². The molecule has 1 aromatic carbocycles. The van der Waals surface area contributed by atoms with Crippen LogP contribution in [0.25, 0.3) is 6.08 Å². The summed E-state index contributed by atoms with van der Waals surface area (Å²) in [6, 6.07) is 3.42. The van der Waals surface area contributed by atoms with Gasteiger partial charge in [-0.25, -0.2) is 0 Å². The zero-order valence-corrected chi connectivity index (χ0v) is 14.1. The molecular weight excluding hydrogens is 326 g/mol. The average Bonchev–Trinajstić information content (AvgIpc) is 2.70. The highest BCUT2D eigenvalue weighted by Gasteiger charge is 2.31. The van der Waals surface area contributed by atoms with E-state index in [0.29, 0.717) is 40.2 Å². The van der Waals surface area contributed by atoms with Crippen molar-refractivity contribution in [2.24, 2.45) is 0 Å². The molecule has 0 aromatic heterocycles. The van der Waals surface area contributed by atoms with Gasteiger partial charge in [-0.05, 0) is 49.4 Å². The van der Waals surface area contributed by atoms with E-state index in [2.05, 4.69) is 0 Å². The quantitative estimate of drug-likeness (QED) is 0.762. The smallest absolute Gasteiger partial charge is 0.293 e. The van der Waals surface area contributed by atoms with Crippen LogP contribution in [0.4, 0.5) is 4.79 Å². The van der Waals surface area contributed by atoms with Gasteiger partial charge >= 0.3 is 0 Å². The highest BCUT2D eigenvalue weighted by atomic mass is 35.5. The Labute approximate surface area is 138 Å². The van der Waals surface area contributed by atoms with Gasteiger partial charge in [-0.1, -0.05) is 11.6 Å². The molecular formula is C15H16ClNO4S. The van der Waals surface area contributed by atoms with E-state index in [1.54, 1.807) is 18.2 Å². The summed E-state index contributed by atoms with van der Waals surface area (Å²) in [7, 11) is 1.45. The lowest BCUT2D eigenvalue weighted by Crippen LogP contribution is -2.22. The molecule has 1 heterocycles. The van der Waals surface area contributed by atoms with Gasteiger partial charge in [0.05, 0.1) is 23.1 Å². The Kier molecular flexibility index (Phi) is 5.37. The first kappa shape index (κ1) is 16.7. The van der Waals surface area contributed by atoms with Gasteiger partial charge in [0.25, 0.3) is 11.1 Å². The minimum absolute atomic E-state index is 0.293. The van der Waals surface area contributed by atoms with E-state index in [0.717, 1.165) is 16.7 Å². The number of thioether (sulfide) groups is 1. The molecule has 1 fully saturated rings. The molecule has 7 heteroatoms. The lowest BCUT2D eigenvalue weighted by atomic mass is 10.1. The lowest BCUT2D eigenvalue weighted by molar-refractivity contribution is -0.121. The van der Waals surface area contributed by atoms with Crippen molar-refractivity contribution < 1.29 is 19.1 Å². The van der Waals surface area contributed by atoms with Crippen LogP contribution in [-0.4, -0.2) is 36.3 Å². The van der Waals surface area contributed by atoms with Crippen molar-refractivity contribution in [3.05, 3.63) is 27.6 Å². The maximum Gasteiger partial charge on any atom is 0.293 e. The molecule has 0 unspecified atom stereocenters. The summed E-state index contributed by atoms with van der Waals surface area (Å²) in [5.41, 5.74) is 0.677. The fourth-order valence-corrected chi connectivity index (χ4v) is 3.02. The maximum absolute atomic E-state index is 11.9. The Balaban J connectivity index is 2.40. The van der Waals surface area contributed by atoms with Crippen molar-refractivity contribution in [1.29, 1.82) is 0 Å². The molecule has 22 heavy (non-hydrogen) atoms. The van der Waals surface area contributed by atoms with Gasteiger partial charge in [0, 0.05) is 7.05 Å². The Morgan fingerprint density at radius 3 is 2.45 bits per heavy atom. The highest BCUT2D eigenvalue weighted by molar-refractivity contribution is 8.18. The van der Waals surface area contributed by atoms with Crippen LogP contribution in [-0.2, 0) is 4.79 Å². The standard InChI is InChI=1S/C15H16ClNO4S/c1-4-20-11-7-9(6-10(16)13(11)21-5-2)8-12-14(18)17(3)15(19)22-12/h6-8H,4-5H2,1-3H3. The Hall–Kier alpha value is -1.66. The molecule has 1 aromatic rings. The second-order valence-electron chi connectivity index (χ2n) is 4.44. The molecule has 2 amide bonds. The molecule has 0 aliphatic carbocycles. The number of hydrogen-bond donors (Lipinski definition) is 0. The summed E-state index contributed by atoms with van der Waals surface area (Å²) in [5, 5.41) is 0.105. The predicted molar refractivity (Wildman–Crippen MR) is 87.5 cm³/mol. The topological polar surface area (TPSA) is 55.8 Å². The number of imide groups is 1. The maximum atomic E-state index is 11.9.